The van der Waals surface area contributed by atoms with Crippen molar-refractivity contribution >= 4 is 12.3 Å². The van der Waals surface area contributed by atoms with Crippen molar-refractivity contribution in [3.8, 4) is 0 Å². The van der Waals surface area contributed by atoms with Gasteiger partial charge >= 0.3 is 5.97 Å². The van der Waals surface area contributed by atoms with Crippen molar-refractivity contribution in [2.75, 3.05) is 0 Å². The number of hydrogen-bond donors (Lipinski definition) is 0. The molecule has 0 spiro atoms. The molecule has 3 nitrogen and oxygen atoms in total. The van der Waals surface area contributed by atoms with Crippen molar-refractivity contribution in [1.82, 2.24) is 0 Å². The van der Waals surface area contributed by atoms with Gasteiger partial charge in [-0.15, -0.1) is 0 Å². The lowest BCUT2D eigenvalue weighted by molar-refractivity contribution is -0.144. The first-order chi connectivity index (χ1) is 11.2. The van der Waals surface area contributed by atoms with Crippen LogP contribution in [0.15, 0.2) is 24.3 Å². The molecule has 1 rings (SSSR count). The minimum atomic E-state index is -0.227. The summed E-state index contributed by atoms with van der Waals surface area (Å²) in [7, 11) is 0. The molecule has 0 aromatic rings. The molecule has 23 heavy (non-hydrogen) atoms. The molecule has 1 saturated carbocycles. The number of hydrogen-bond acceptors (Lipinski definition) is 3. The molecule has 3 heteroatoms. The number of allylic oxidation sites excluding steroid dienone is 3. The van der Waals surface area contributed by atoms with Gasteiger partial charge in [-0.3, -0.25) is 4.79 Å². The fourth-order valence-electron chi connectivity index (χ4n) is 2.89. The van der Waals surface area contributed by atoms with E-state index in [0.29, 0.717) is 5.92 Å². The summed E-state index contributed by atoms with van der Waals surface area (Å²) >= 11 is 0. The summed E-state index contributed by atoms with van der Waals surface area (Å²) in [5.74, 6) is 0.365. The Bertz CT molecular complexity index is 398. The average molecular weight is 320 g/mol. The fourth-order valence-corrected chi connectivity index (χ4v) is 2.89. The van der Waals surface area contributed by atoms with E-state index in [4.69, 9.17) is 4.74 Å². The maximum Gasteiger partial charge on any atom is 0.303 e. The molecule has 0 radical (unpaired) electrons. The Balaban J connectivity index is 2.29. The van der Waals surface area contributed by atoms with Gasteiger partial charge in [-0.2, -0.15) is 0 Å². The summed E-state index contributed by atoms with van der Waals surface area (Å²) in [5.41, 5.74) is 0. The minimum Gasteiger partial charge on any atom is -0.458 e. The Kier molecular flexibility index (Phi) is 10.3. The molecular formula is C20H32O3. The van der Waals surface area contributed by atoms with Crippen LogP contribution in [0.2, 0.25) is 0 Å². The van der Waals surface area contributed by atoms with Crippen LogP contribution in [0.25, 0.3) is 0 Å². The lowest BCUT2D eigenvalue weighted by Gasteiger charge is -2.29. The number of unbranched alkanes of at least 4 members (excludes halogenated alkanes) is 5. The third-order valence-corrected chi connectivity index (χ3v) is 4.51. The van der Waals surface area contributed by atoms with Gasteiger partial charge in [0.25, 0.3) is 0 Å². The van der Waals surface area contributed by atoms with E-state index in [1.807, 2.05) is 18.2 Å². The van der Waals surface area contributed by atoms with E-state index in [1.54, 1.807) is 0 Å². The van der Waals surface area contributed by atoms with Gasteiger partial charge in [-0.05, 0) is 37.7 Å². The van der Waals surface area contributed by atoms with E-state index < -0.39 is 0 Å². The summed E-state index contributed by atoms with van der Waals surface area (Å²) in [6.07, 6.45) is 19.3. The Morgan fingerprint density at radius 2 is 1.78 bits per heavy atom. The molecule has 1 fully saturated rings. The summed E-state index contributed by atoms with van der Waals surface area (Å²) in [5, 5.41) is 0. The van der Waals surface area contributed by atoms with Gasteiger partial charge in [0, 0.05) is 12.8 Å². The molecule has 0 heterocycles. The maximum absolute atomic E-state index is 11.2. The standard InChI is InChI=1S/C20H32O3/c1-3-4-5-6-7-8-12-20(23-17(2)22)13-10-9-11-18-14-15-19(18)16-21/h9-11,13,16,18-20H,3-8,12,14-15H2,1-2H3/b11-9+,13-10+/t18-,19+,20?/m1/s1. The molecule has 1 aliphatic carbocycles. The zero-order valence-corrected chi connectivity index (χ0v) is 14.7. The third kappa shape index (κ3) is 8.73. The first-order valence-electron chi connectivity index (χ1n) is 9.14. The van der Waals surface area contributed by atoms with Crippen molar-refractivity contribution in [2.45, 2.75) is 77.7 Å². The largest absolute Gasteiger partial charge is 0.458 e. The van der Waals surface area contributed by atoms with Gasteiger partial charge < -0.3 is 9.53 Å². The smallest absolute Gasteiger partial charge is 0.303 e. The SMILES string of the molecule is CCCCCCCCC(/C=C/C=C/[C@@H]1CC[C@H]1C=O)OC(C)=O. The van der Waals surface area contributed by atoms with Gasteiger partial charge in [0.2, 0.25) is 0 Å². The molecule has 0 amide bonds. The second kappa shape index (κ2) is 12.1. The molecule has 0 saturated heterocycles. The normalized spacial score (nSPS) is 22.2. The maximum atomic E-state index is 11.2. The van der Waals surface area contributed by atoms with Crippen LogP contribution in [0.3, 0.4) is 0 Å². The fraction of sp³-hybridized carbons (Fsp3) is 0.700. The predicted octanol–water partition coefficient (Wildman–Crippen LogP) is 5.01. The topological polar surface area (TPSA) is 43.4 Å². The highest BCUT2D eigenvalue weighted by Gasteiger charge is 2.27. The van der Waals surface area contributed by atoms with E-state index in [-0.39, 0.29) is 18.0 Å². The van der Waals surface area contributed by atoms with Gasteiger partial charge in [-0.1, -0.05) is 57.3 Å². The van der Waals surface area contributed by atoms with Gasteiger partial charge in [0.15, 0.2) is 0 Å². The summed E-state index contributed by atoms with van der Waals surface area (Å²) in [6, 6.07) is 0. The number of carbonyl (C=O) groups excluding carboxylic acids is 2. The Hall–Kier alpha value is -1.38. The van der Waals surface area contributed by atoms with Gasteiger partial charge in [-0.25, -0.2) is 0 Å². The van der Waals surface area contributed by atoms with E-state index in [0.717, 1.165) is 32.0 Å². The predicted molar refractivity (Wildman–Crippen MR) is 94.1 cm³/mol. The van der Waals surface area contributed by atoms with Crippen molar-refractivity contribution < 1.29 is 14.3 Å². The first kappa shape index (κ1) is 19.7. The molecular weight excluding hydrogens is 288 g/mol. The van der Waals surface area contributed by atoms with Crippen LogP contribution in [-0.2, 0) is 14.3 Å². The molecule has 0 aromatic carbocycles. The van der Waals surface area contributed by atoms with Gasteiger partial charge in [0.1, 0.15) is 12.4 Å². The number of ether oxygens (including phenoxy) is 1. The highest BCUT2D eigenvalue weighted by molar-refractivity contribution is 5.66. The number of rotatable bonds is 12. The van der Waals surface area contributed by atoms with Crippen LogP contribution in [0, 0.1) is 11.8 Å². The van der Waals surface area contributed by atoms with E-state index in [9.17, 15) is 9.59 Å². The molecule has 0 aliphatic heterocycles. The highest BCUT2D eigenvalue weighted by atomic mass is 16.5. The van der Waals surface area contributed by atoms with Crippen molar-refractivity contribution in [2.24, 2.45) is 11.8 Å². The van der Waals surface area contributed by atoms with Crippen molar-refractivity contribution in [1.29, 1.82) is 0 Å². The third-order valence-electron chi connectivity index (χ3n) is 4.51. The molecule has 130 valence electrons. The highest BCUT2D eigenvalue weighted by Crippen LogP contribution is 2.33. The Labute approximate surface area is 141 Å². The molecule has 1 unspecified atom stereocenters. The zero-order valence-electron chi connectivity index (χ0n) is 14.7. The average Bonchev–Trinajstić information content (AvgIpc) is 2.49. The van der Waals surface area contributed by atoms with Crippen LogP contribution >= 0.6 is 0 Å². The quantitative estimate of drug-likeness (QED) is 0.220. The second-order valence-corrected chi connectivity index (χ2v) is 6.52. The van der Waals surface area contributed by atoms with Crippen LogP contribution in [0.4, 0.5) is 0 Å². The lowest BCUT2D eigenvalue weighted by Crippen LogP contribution is -2.24. The Morgan fingerprint density at radius 3 is 2.39 bits per heavy atom. The minimum absolute atomic E-state index is 0.133. The number of aldehydes is 1. The molecule has 1 aliphatic rings. The van der Waals surface area contributed by atoms with Crippen LogP contribution in [-0.4, -0.2) is 18.4 Å². The van der Waals surface area contributed by atoms with E-state index >= 15 is 0 Å². The second-order valence-electron chi connectivity index (χ2n) is 6.52. The molecule has 0 N–H and O–H groups in total. The zero-order chi connectivity index (χ0) is 16.9. The van der Waals surface area contributed by atoms with Crippen LogP contribution in [0.1, 0.15) is 71.6 Å². The molecule has 0 aromatic heterocycles. The summed E-state index contributed by atoms with van der Waals surface area (Å²) in [6.45, 7) is 3.68. The summed E-state index contributed by atoms with van der Waals surface area (Å²) < 4.78 is 5.35. The lowest BCUT2D eigenvalue weighted by atomic mass is 9.74. The van der Waals surface area contributed by atoms with E-state index in [1.165, 1.54) is 39.0 Å². The van der Waals surface area contributed by atoms with E-state index in [2.05, 4.69) is 13.0 Å². The molecule has 3 atom stereocenters. The molecule has 0 bridgehead atoms. The monoisotopic (exact) mass is 320 g/mol. The van der Waals surface area contributed by atoms with Crippen LogP contribution < -0.4 is 0 Å². The van der Waals surface area contributed by atoms with Crippen molar-refractivity contribution in [3.05, 3.63) is 24.3 Å². The van der Waals surface area contributed by atoms with Gasteiger partial charge in [0.05, 0.1) is 0 Å². The number of carbonyl (C=O) groups is 2. The Morgan fingerprint density at radius 1 is 1.09 bits per heavy atom. The van der Waals surface area contributed by atoms with Crippen LogP contribution in [0.5, 0.6) is 0 Å². The first-order valence-corrected chi connectivity index (χ1v) is 9.14. The number of esters is 1. The van der Waals surface area contributed by atoms with Crippen molar-refractivity contribution in [3.63, 3.8) is 0 Å². The summed E-state index contributed by atoms with van der Waals surface area (Å²) in [4.78, 5) is 22.0.